The van der Waals surface area contributed by atoms with E-state index >= 15 is 0 Å². The number of carbonyl (C=O) groups is 3. The van der Waals surface area contributed by atoms with Crippen LogP contribution < -0.4 is 31.5 Å². The van der Waals surface area contributed by atoms with E-state index in [1.165, 1.54) is 32.4 Å². The van der Waals surface area contributed by atoms with E-state index in [1.807, 2.05) is 0 Å². The number of halogens is 3. The smallest absolute Gasteiger partial charge is 0.468 e. The van der Waals surface area contributed by atoms with E-state index in [2.05, 4.69) is 20.1 Å². The van der Waals surface area contributed by atoms with E-state index in [9.17, 15) is 41.7 Å². The zero-order valence-corrected chi connectivity index (χ0v) is 27.0. The molecule has 264 valence electrons. The van der Waals surface area contributed by atoms with Crippen molar-refractivity contribution in [2.24, 2.45) is 0 Å². The van der Waals surface area contributed by atoms with Crippen LogP contribution in [0.3, 0.4) is 0 Å². The summed E-state index contributed by atoms with van der Waals surface area (Å²) in [7, 11) is -2.98. The van der Waals surface area contributed by atoms with Gasteiger partial charge in [-0.05, 0) is 38.0 Å². The number of hydrogen-bond acceptors (Lipinski definition) is 10. The van der Waals surface area contributed by atoms with E-state index < -0.39 is 61.3 Å². The minimum Gasteiger partial charge on any atom is -0.468 e. The Labute approximate surface area is 272 Å². The molecule has 1 aromatic heterocycles. The number of benzene rings is 1. The largest absolute Gasteiger partial charge is 0.471 e. The van der Waals surface area contributed by atoms with Gasteiger partial charge in [0.15, 0.2) is 6.23 Å². The summed E-state index contributed by atoms with van der Waals surface area (Å²) in [5, 5.41) is 6.94. The van der Waals surface area contributed by atoms with Crippen molar-refractivity contribution in [3.63, 3.8) is 0 Å². The van der Waals surface area contributed by atoms with E-state index in [-0.39, 0.29) is 37.4 Å². The molecule has 2 aromatic rings. The van der Waals surface area contributed by atoms with Crippen molar-refractivity contribution in [1.82, 2.24) is 25.3 Å². The molecule has 4 N–H and O–H groups in total. The van der Waals surface area contributed by atoms with Gasteiger partial charge in [-0.1, -0.05) is 37.1 Å². The van der Waals surface area contributed by atoms with E-state index in [4.69, 9.17) is 13.8 Å². The molecule has 0 aliphatic carbocycles. The molecule has 1 aromatic carbocycles. The molecule has 0 spiro atoms. The zero-order chi connectivity index (χ0) is 35.3. The van der Waals surface area contributed by atoms with Crippen LogP contribution in [0, 0.1) is 0 Å². The van der Waals surface area contributed by atoms with Crippen molar-refractivity contribution >= 4 is 25.5 Å². The Hall–Kier alpha value is -4.25. The molecule has 15 nitrogen and oxygen atoms in total. The Morgan fingerprint density at radius 2 is 1.71 bits per heavy atom. The summed E-state index contributed by atoms with van der Waals surface area (Å²) in [4.78, 5) is 62.3. The van der Waals surface area contributed by atoms with Gasteiger partial charge in [0.1, 0.15) is 17.9 Å². The molecular weight excluding hydrogens is 666 g/mol. The number of rotatable bonds is 18. The van der Waals surface area contributed by atoms with Gasteiger partial charge in [-0.3, -0.25) is 33.3 Å². The molecule has 1 aliphatic heterocycles. The van der Waals surface area contributed by atoms with Crippen molar-refractivity contribution in [3.8, 4) is 5.75 Å². The van der Waals surface area contributed by atoms with Gasteiger partial charge in [-0.25, -0.2) is 9.36 Å². The maximum absolute atomic E-state index is 13.5. The zero-order valence-electron chi connectivity index (χ0n) is 26.1. The molecule has 0 saturated heterocycles. The molecule has 0 saturated carbocycles. The van der Waals surface area contributed by atoms with Crippen LogP contribution in [0.15, 0.2) is 58.3 Å². The summed E-state index contributed by atoms with van der Waals surface area (Å²) in [5.74, 6) is -2.99. The van der Waals surface area contributed by atoms with Crippen LogP contribution in [0.1, 0.15) is 44.4 Å². The fourth-order valence-electron chi connectivity index (χ4n) is 4.30. The Morgan fingerprint density at radius 3 is 2.35 bits per heavy atom. The van der Waals surface area contributed by atoms with Crippen molar-refractivity contribution < 1.29 is 50.6 Å². The fraction of sp³-hybridized carbons (Fsp3) is 0.483. The second-order valence-electron chi connectivity index (χ2n) is 10.5. The van der Waals surface area contributed by atoms with Crippen LogP contribution >= 0.6 is 7.75 Å². The third-order valence-corrected chi connectivity index (χ3v) is 8.37. The Balaban J connectivity index is 1.51. The maximum Gasteiger partial charge on any atom is 0.471 e. The number of nitrogens with one attached hydrogen (secondary N) is 4. The van der Waals surface area contributed by atoms with Crippen LogP contribution in [0.5, 0.6) is 5.75 Å². The summed E-state index contributed by atoms with van der Waals surface area (Å²) in [6, 6.07) is 7.06. The van der Waals surface area contributed by atoms with E-state index in [1.54, 1.807) is 35.6 Å². The van der Waals surface area contributed by atoms with Crippen LogP contribution in [-0.4, -0.2) is 72.5 Å². The van der Waals surface area contributed by atoms with E-state index in [0.29, 0.717) is 25.7 Å². The lowest BCUT2D eigenvalue weighted by Gasteiger charge is -2.24. The number of unbranched alkanes of at least 4 members (excludes halogenated alkanes) is 3. The highest BCUT2D eigenvalue weighted by molar-refractivity contribution is 7.52. The number of alkyl halides is 3. The molecule has 4 atom stereocenters. The van der Waals surface area contributed by atoms with E-state index in [0.717, 1.165) is 4.57 Å². The van der Waals surface area contributed by atoms with Gasteiger partial charge in [-0.15, -0.1) is 0 Å². The first-order chi connectivity index (χ1) is 22.7. The minimum absolute atomic E-state index is 0.0223. The Kier molecular flexibility index (Phi) is 14.1. The normalized spacial score (nSPS) is 17.7. The monoisotopic (exact) mass is 703 g/mol. The first-order valence-electron chi connectivity index (χ1n) is 14.9. The summed E-state index contributed by atoms with van der Waals surface area (Å²) < 4.78 is 72.7. The number of aromatic nitrogens is 2. The molecule has 2 unspecified atom stereocenters. The molecule has 2 heterocycles. The van der Waals surface area contributed by atoms with Gasteiger partial charge in [0.2, 0.25) is 5.91 Å². The minimum atomic E-state index is -4.92. The molecular formula is C29H37F3N5O10P. The summed E-state index contributed by atoms with van der Waals surface area (Å²) in [6.07, 6.45) is -0.930. The number of para-hydroxylation sites is 1. The number of aromatic amines is 1. The highest BCUT2D eigenvalue weighted by Gasteiger charge is 2.38. The second-order valence-corrected chi connectivity index (χ2v) is 12.2. The van der Waals surface area contributed by atoms with Crippen molar-refractivity contribution in [3.05, 3.63) is 75.1 Å². The van der Waals surface area contributed by atoms with Crippen LogP contribution in [0.4, 0.5) is 13.2 Å². The fourth-order valence-corrected chi connectivity index (χ4v) is 5.80. The third-order valence-electron chi connectivity index (χ3n) is 6.72. The number of hydrogen-bond donors (Lipinski definition) is 4. The van der Waals surface area contributed by atoms with Gasteiger partial charge in [0, 0.05) is 24.8 Å². The molecule has 0 radical (unpaired) electrons. The molecule has 48 heavy (non-hydrogen) atoms. The van der Waals surface area contributed by atoms with Gasteiger partial charge < -0.3 is 24.6 Å². The lowest BCUT2D eigenvalue weighted by molar-refractivity contribution is -0.173. The van der Waals surface area contributed by atoms with Crippen LogP contribution in [0.2, 0.25) is 0 Å². The Morgan fingerprint density at radius 1 is 1.04 bits per heavy atom. The first kappa shape index (κ1) is 38.2. The van der Waals surface area contributed by atoms with Crippen molar-refractivity contribution in [2.45, 2.75) is 63.6 Å². The predicted molar refractivity (Wildman–Crippen MR) is 164 cm³/mol. The molecule has 0 bridgehead atoms. The average Bonchev–Trinajstić information content (AvgIpc) is 3.51. The molecule has 2 amide bonds. The number of ether oxygens (including phenoxy) is 2. The third kappa shape index (κ3) is 12.1. The summed E-state index contributed by atoms with van der Waals surface area (Å²) >= 11 is 0. The molecule has 1 aliphatic rings. The van der Waals surface area contributed by atoms with Crippen LogP contribution in [-0.2, 0) is 39.4 Å². The second kappa shape index (κ2) is 17.8. The number of amides is 2. The van der Waals surface area contributed by atoms with Gasteiger partial charge in [0.05, 0.1) is 20.1 Å². The standard InChI is InChI=1S/C29H37F3N5O10P/c1-19(26(40)44-2)36-48(43,47-21-10-6-5-7-11-21)45-18-22-12-13-24(46-22)37-17-20(25(39)35-28(37)42)16-23(38)33-14-8-3-4-9-15-34-27(41)29(30,31)32/h5-7,10-13,17,19,22,24H,3-4,8-9,14-16,18H2,1-2H3,(H,33,38)(H,34,41)(H,36,43)(H,35,39,42)/t19?,22-,24+,48?/m0/s1. The predicted octanol–water partition coefficient (Wildman–Crippen LogP) is 2.24. The highest BCUT2D eigenvalue weighted by atomic mass is 31.2. The number of H-pyrrole nitrogens is 1. The number of nitrogens with zero attached hydrogens (tertiary/aromatic N) is 1. The van der Waals surface area contributed by atoms with Crippen LogP contribution in [0.25, 0.3) is 0 Å². The van der Waals surface area contributed by atoms with Gasteiger partial charge in [-0.2, -0.15) is 18.3 Å². The van der Waals surface area contributed by atoms with Crippen molar-refractivity contribution in [1.29, 1.82) is 0 Å². The molecule has 19 heteroatoms. The maximum atomic E-state index is 13.5. The van der Waals surface area contributed by atoms with Gasteiger partial charge in [0.25, 0.3) is 5.56 Å². The van der Waals surface area contributed by atoms with Gasteiger partial charge >= 0.3 is 31.5 Å². The first-order valence-corrected chi connectivity index (χ1v) is 16.4. The average molecular weight is 704 g/mol. The molecule has 0 fully saturated rings. The van der Waals surface area contributed by atoms with Crippen molar-refractivity contribution in [2.75, 3.05) is 26.8 Å². The lowest BCUT2D eigenvalue weighted by atomic mass is 10.2. The number of carbonyl (C=O) groups excluding carboxylic acids is 3. The Bertz CT molecular complexity index is 1600. The highest BCUT2D eigenvalue weighted by Crippen LogP contribution is 2.45. The summed E-state index contributed by atoms with van der Waals surface area (Å²) in [5.41, 5.74) is -1.59. The number of methoxy groups -OCH3 is 1. The SMILES string of the molecule is COC(=O)C(C)NP(=O)(OC[C@@H]1C=C[C@H](n2cc(CC(=O)NCCCCCCNC(=O)C(F)(F)F)c(=O)[nH]c2=O)O1)Oc1ccccc1. The quantitative estimate of drug-likeness (QED) is 0.0770. The molecule has 3 rings (SSSR count). The number of esters is 1. The summed E-state index contributed by atoms with van der Waals surface area (Å²) in [6.45, 7) is 1.21. The topological polar surface area (TPSA) is 196 Å². The lowest BCUT2D eigenvalue weighted by Crippen LogP contribution is -2.37.